The summed E-state index contributed by atoms with van der Waals surface area (Å²) in [6.07, 6.45) is -3.84. The van der Waals surface area contributed by atoms with Gasteiger partial charge in [-0.15, -0.1) is 11.3 Å². The minimum Gasteiger partial charge on any atom is -0.337 e. The molecular formula is C20H22F3N3O2S. The molecule has 1 aromatic heterocycles. The first-order chi connectivity index (χ1) is 13.8. The number of rotatable bonds is 4. The summed E-state index contributed by atoms with van der Waals surface area (Å²) in [7, 11) is 0. The number of hydrogen-bond donors (Lipinski definition) is 1. The van der Waals surface area contributed by atoms with Gasteiger partial charge in [0.25, 0.3) is 5.91 Å². The lowest BCUT2D eigenvalue weighted by atomic mass is 10.1. The number of nitrogens with one attached hydrogen (secondary N) is 1. The minimum atomic E-state index is -4.53. The lowest BCUT2D eigenvalue weighted by molar-refractivity contribution is -0.137. The molecular weight excluding hydrogens is 403 g/mol. The zero-order valence-electron chi connectivity index (χ0n) is 16.0. The van der Waals surface area contributed by atoms with Gasteiger partial charge < -0.3 is 10.2 Å². The number of hydrogen-bond acceptors (Lipinski definition) is 4. The SMILES string of the molecule is Cc1ccsc1C(=O)N1CCCN(CC(=O)Nc2ccccc2C(F)(F)F)CC1. The van der Waals surface area contributed by atoms with Crippen LogP contribution in [0.25, 0.3) is 0 Å². The van der Waals surface area contributed by atoms with Gasteiger partial charge in [0.1, 0.15) is 0 Å². The van der Waals surface area contributed by atoms with Crippen molar-refractivity contribution >= 4 is 28.8 Å². The van der Waals surface area contributed by atoms with Gasteiger partial charge in [-0.25, -0.2) is 0 Å². The Balaban J connectivity index is 1.57. The molecule has 0 spiro atoms. The third kappa shape index (κ3) is 5.36. The number of anilines is 1. The first-order valence-corrected chi connectivity index (χ1v) is 10.2. The highest BCUT2D eigenvalue weighted by Gasteiger charge is 2.33. The molecule has 0 unspecified atom stereocenters. The Bertz CT molecular complexity index is 882. The maximum Gasteiger partial charge on any atom is 0.418 e. The van der Waals surface area contributed by atoms with Crippen molar-refractivity contribution in [2.75, 3.05) is 38.0 Å². The maximum atomic E-state index is 13.1. The molecule has 2 amide bonds. The van der Waals surface area contributed by atoms with Gasteiger partial charge in [0.2, 0.25) is 5.91 Å². The van der Waals surface area contributed by atoms with Crippen LogP contribution in [0.3, 0.4) is 0 Å². The van der Waals surface area contributed by atoms with Gasteiger partial charge in [-0.2, -0.15) is 13.2 Å². The van der Waals surface area contributed by atoms with E-state index in [4.69, 9.17) is 0 Å². The predicted molar refractivity (Wildman–Crippen MR) is 106 cm³/mol. The summed E-state index contributed by atoms with van der Waals surface area (Å²) in [4.78, 5) is 29.3. The first-order valence-electron chi connectivity index (χ1n) is 9.27. The monoisotopic (exact) mass is 425 g/mol. The van der Waals surface area contributed by atoms with Crippen LogP contribution in [-0.2, 0) is 11.0 Å². The molecule has 156 valence electrons. The number of carbonyl (C=O) groups excluding carboxylic acids is 2. The number of aryl methyl sites for hydroxylation is 1. The van der Waals surface area contributed by atoms with Gasteiger partial charge in [0.15, 0.2) is 0 Å². The Kier molecular flexibility index (Phi) is 6.59. The molecule has 1 N–H and O–H groups in total. The molecule has 0 bridgehead atoms. The normalized spacial score (nSPS) is 15.8. The van der Waals surface area contributed by atoms with E-state index in [9.17, 15) is 22.8 Å². The highest BCUT2D eigenvalue weighted by atomic mass is 32.1. The number of halogens is 3. The third-order valence-corrected chi connectivity index (χ3v) is 5.81. The lowest BCUT2D eigenvalue weighted by Gasteiger charge is -2.22. The van der Waals surface area contributed by atoms with Gasteiger partial charge in [0, 0.05) is 26.2 Å². The number of benzene rings is 1. The molecule has 2 heterocycles. The van der Waals surface area contributed by atoms with Crippen LogP contribution in [0.5, 0.6) is 0 Å². The molecule has 1 aliphatic heterocycles. The van der Waals surface area contributed by atoms with E-state index in [1.165, 1.54) is 29.5 Å². The Morgan fingerprint density at radius 1 is 1.10 bits per heavy atom. The Morgan fingerprint density at radius 2 is 1.86 bits per heavy atom. The van der Waals surface area contributed by atoms with E-state index in [1.807, 2.05) is 23.3 Å². The zero-order chi connectivity index (χ0) is 21.0. The molecule has 2 aromatic rings. The summed E-state index contributed by atoms with van der Waals surface area (Å²) in [6.45, 7) is 4.03. The van der Waals surface area contributed by atoms with Crippen molar-refractivity contribution in [3.05, 3.63) is 51.7 Å². The molecule has 0 aliphatic carbocycles. The molecule has 29 heavy (non-hydrogen) atoms. The van der Waals surface area contributed by atoms with Gasteiger partial charge in [-0.3, -0.25) is 14.5 Å². The molecule has 1 fully saturated rings. The first kappa shape index (κ1) is 21.3. The van der Waals surface area contributed by atoms with Gasteiger partial charge in [0.05, 0.1) is 22.7 Å². The standard InChI is InChI=1S/C20H22F3N3O2S/c1-14-7-12-29-18(14)19(28)26-9-4-8-25(10-11-26)13-17(27)24-16-6-3-2-5-15(16)20(21,22)23/h2-3,5-7,12H,4,8-11,13H2,1H3,(H,24,27). The number of amides is 2. The molecule has 3 rings (SSSR count). The second kappa shape index (κ2) is 8.96. The van der Waals surface area contributed by atoms with Gasteiger partial charge >= 0.3 is 6.18 Å². The summed E-state index contributed by atoms with van der Waals surface area (Å²) >= 11 is 1.41. The third-order valence-electron chi connectivity index (χ3n) is 4.81. The summed E-state index contributed by atoms with van der Waals surface area (Å²) in [5.74, 6) is -0.515. The van der Waals surface area contributed by atoms with Crippen LogP contribution >= 0.6 is 11.3 Å². The average molecular weight is 425 g/mol. The van der Waals surface area contributed by atoms with Crippen LogP contribution in [0.4, 0.5) is 18.9 Å². The maximum absolute atomic E-state index is 13.1. The highest BCUT2D eigenvalue weighted by molar-refractivity contribution is 7.12. The fraction of sp³-hybridized carbons (Fsp3) is 0.400. The van der Waals surface area contributed by atoms with Crippen molar-refractivity contribution in [1.29, 1.82) is 0 Å². The summed E-state index contributed by atoms with van der Waals surface area (Å²) in [5, 5.41) is 4.25. The highest BCUT2D eigenvalue weighted by Crippen LogP contribution is 2.34. The van der Waals surface area contributed by atoms with Crippen molar-refractivity contribution in [2.24, 2.45) is 0 Å². The molecule has 1 saturated heterocycles. The van der Waals surface area contributed by atoms with E-state index in [0.29, 0.717) is 32.6 Å². The van der Waals surface area contributed by atoms with Crippen molar-refractivity contribution in [3.8, 4) is 0 Å². The minimum absolute atomic E-state index is 0.0112. The van der Waals surface area contributed by atoms with Crippen LogP contribution in [0, 0.1) is 6.92 Å². The lowest BCUT2D eigenvalue weighted by Crippen LogP contribution is -2.38. The van der Waals surface area contributed by atoms with Crippen molar-refractivity contribution in [2.45, 2.75) is 19.5 Å². The van der Waals surface area contributed by atoms with Gasteiger partial charge in [-0.1, -0.05) is 12.1 Å². The fourth-order valence-corrected chi connectivity index (χ4v) is 4.19. The molecule has 1 aromatic carbocycles. The van der Waals surface area contributed by atoms with Gasteiger partial charge in [-0.05, 0) is 42.5 Å². The smallest absolute Gasteiger partial charge is 0.337 e. The average Bonchev–Trinajstić information content (AvgIpc) is 2.95. The van der Waals surface area contributed by atoms with Crippen LogP contribution in [0.1, 0.15) is 27.2 Å². The number of para-hydroxylation sites is 1. The van der Waals surface area contributed by atoms with E-state index >= 15 is 0 Å². The Morgan fingerprint density at radius 3 is 2.55 bits per heavy atom. The summed E-state index contributed by atoms with van der Waals surface area (Å²) < 4.78 is 39.2. The van der Waals surface area contributed by atoms with E-state index in [1.54, 1.807) is 4.90 Å². The molecule has 5 nitrogen and oxygen atoms in total. The van der Waals surface area contributed by atoms with Crippen LogP contribution in [-0.4, -0.2) is 54.3 Å². The number of thiophene rings is 1. The van der Waals surface area contributed by atoms with Crippen molar-refractivity contribution in [1.82, 2.24) is 9.80 Å². The Hall–Kier alpha value is -2.39. The second-order valence-corrected chi connectivity index (χ2v) is 7.86. The number of alkyl halides is 3. The molecule has 0 atom stereocenters. The van der Waals surface area contributed by atoms with E-state index in [2.05, 4.69) is 5.32 Å². The number of nitrogens with zero attached hydrogens (tertiary/aromatic N) is 2. The predicted octanol–water partition coefficient (Wildman–Crippen LogP) is 3.86. The fourth-order valence-electron chi connectivity index (χ4n) is 3.30. The van der Waals surface area contributed by atoms with E-state index < -0.39 is 17.6 Å². The Labute approximate surface area is 171 Å². The summed E-state index contributed by atoms with van der Waals surface area (Å²) in [5.41, 5.74) is -0.166. The van der Waals surface area contributed by atoms with E-state index in [-0.39, 0.29) is 18.1 Å². The van der Waals surface area contributed by atoms with Crippen LogP contribution in [0.15, 0.2) is 35.7 Å². The quantitative estimate of drug-likeness (QED) is 0.809. The second-order valence-electron chi connectivity index (χ2n) is 6.95. The van der Waals surface area contributed by atoms with Crippen LogP contribution in [0.2, 0.25) is 0 Å². The molecule has 9 heteroatoms. The molecule has 0 saturated carbocycles. The van der Waals surface area contributed by atoms with Crippen molar-refractivity contribution < 1.29 is 22.8 Å². The molecule has 0 radical (unpaired) electrons. The van der Waals surface area contributed by atoms with Crippen molar-refractivity contribution in [3.63, 3.8) is 0 Å². The largest absolute Gasteiger partial charge is 0.418 e. The summed E-state index contributed by atoms with van der Waals surface area (Å²) in [6, 6.07) is 6.83. The van der Waals surface area contributed by atoms with Crippen LogP contribution < -0.4 is 5.32 Å². The number of carbonyl (C=O) groups is 2. The zero-order valence-corrected chi connectivity index (χ0v) is 16.8. The molecule has 1 aliphatic rings. The topological polar surface area (TPSA) is 52.7 Å². The van der Waals surface area contributed by atoms with E-state index in [0.717, 1.165) is 16.5 Å².